The van der Waals surface area contributed by atoms with Gasteiger partial charge in [0.1, 0.15) is 11.6 Å². The molecule has 1 aromatic rings. The summed E-state index contributed by atoms with van der Waals surface area (Å²) in [6, 6.07) is 6.76. The van der Waals surface area contributed by atoms with Gasteiger partial charge in [-0.25, -0.2) is 0 Å². The van der Waals surface area contributed by atoms with Gasteiger partial charge in [0.05, 0.1) is 0 Å². The smallest absolute Gasteiger partial charge is 0.257 e. The number of halogens is 1. The van der Waals surface area contributed by atoms with Gasteiger partial charge in [-0.2, -0.15) is 0 Å². The van der Waals surface area contributed by atoms with E-state index in [0.717, 1.165) is 0 Å². The third-order valence-electron chi connectivity index (χ3n) is 1.98. The zero-order valence-electron chi connectivity index (χ0n) is 10.0. The molecule has 0 bridgehead atoms. The van der Waals surface area contributed by atoms with Crippen molar-refractivity contribution in [1.82, 2.24) is 5.32 Å². The van der Waals surface area contributed by atoms with Crippen LogP contribution in [0.2, 0.25) is 0 Å². The van der Waals surface area contributed by atoms with E-state index in [-0.39, 0.29) is 24.3 Å². The van der Waals surface area contributed by atoms with Crippen molar-refractivity contribution in [2.75, 3.05) is 24.3 Å². The van der Waals surface area contributed by atoms with Gasteiger partial charge >= 0.3 is 0 Å². The number of benzene rings is 1. The Labute approximate surface area is 110 Å². The lowest BCUT2D eigenvalue weighted by atomic mass is 10.3. The summed E-state index contributed by atoms with van der Waals surface area (Å²) in [5.74, 6) is -0.0804. The molecule has 98 valence electrons. The van der Waals surface area contributed by atoms with Gasteiger partial charge < -0.3 is 15.4 Å². The van der Waals surface area contributed by atoms with Crippen LogP contribution in [0.25, 0.3) is 0 Å². The maximum Gasteiger partial charge on any atom is 0.257 e. The summed E-state index contributed by atoms with van der Waals surface area (Å²) in [4.78, 5) is 22.3. The Morgan fingerprint density at radius 1 is 1.33 bits per heavy atom. The zero-order chi connectivity index (χ0) is 13.4. The molecule has 0 radical (unpaired) electrons. The Bertz CT molecular complexity index is 424. The van der Waals surface area contributed by atoms with Gasteiger partial charge in [-0.1, -0.05) is 6.07 Å². The molecule has 0 aliphatic rings. The second kappa shape index (κ2) is 7.55. The van der Waals surface area contributed by atoms with Crippen molar-refractivity contribution in [3.63, 3.8) is 0 Å². The second-order valence-corrected chi connectivity index (χ2v) is 3.72. The predicted molar refractivity (Wildman–Crippen MR) is 70.0 cm³/mol. The number of rotatable bonds is 6. The van der Waals surface area contributed by atoms with Crippen molar-refractivity contribution in [3.05, 3.63) is 24.3 Å². The summed E-state index contributed by atoms with van der Waals surface area (Å²) < 4.78 is 5.28. The molecule has 2 amide bonds. The van der Waals surface area contributed by atoms with E-state index < -0.39 is 0 Å². The quantitative estimate of drug-likeness (QED) is 0.768. The summed E-state index contributed by atoms with van der Waals surface area (Å²) in [6.07, 6.45) is 0. The molecule has 0 aliphatic heterocycles. The van der Waals surface area contributed by atoms with Crippen LogP contribution in [0.1, 0.15) is 6.92 Å². The molecule has 0 fully saturated rings. The third-order valence-corrected chi connectivity index (χ3v) is 2.23. The number of carbonyl (C=O) groups excluding carboxylic acids is 2. The molecule has 5 nitrogen and oxygen atoms in total. The lowest BCUT2D eigenvalue weighted by Gasteiger charge is -2.08. The molecule has 2 N–H and O–H groups in total. The van der Waals surface area contributed by atoms with Crippen molar-refractivity contribution in [2.45, 2.75) is 6.92 Å². The van der Waals surface area contributed by atoms with Gasteiger partial charge in [0.25, 0.3) is 5.91 Å². The minimum Gasteiger partial charge on any atom is -0.484 e. The van der Waals surface area contributed by atoms with Gasteiger partial charge in [-0.05, 0) is 19.1 Å². The topological polar surface area (TPSA) is 67.4 Å². The molecule has 0 saturated heterocycles. The largest absolute Gasteiger partial charge is 0.484 e. The van der Waals surface area contributed by atoms with Gasteiger partial charge in [-0.15, -0.1) is 11.6 Å². The molecular formula is C12H15ClN2O3. The fourth-order valence-corrected chi connectivity index (χ4v) is 1.32. The highest BCUT2D eigenvalue weighted by atomic mass is 35.5. The molecule has 0 atom stereocenters. The first kappa shape index (κ1) is 14.3. The number of hydrogen-bond donors (Lipinski definition) is 2. The van der Waals surface area contributed by atoms with Crippen molar-refractivity contribution in [2.24, 2.45) is 0 Å². The molecule has 18 heavy (non-hydrogen) atoms. The zero-order valence-corrected chi connectivity index (χ0v) is 10.8. The minimum absolute atomic E-state index is 0.0548. The molecule has 1 aromatic carbocycles. The summed E-state index contributed by atoms with van der Waals surface area (Å²) in [5.41, 5.74) is 0.578. The van der Waals surface area contributed by atoms with E-state index in [2.05, 4.69) is 10.6 Å². The van der Waals surface area contributed by atoms with Crippen molar-refractivity contribution < 1.29 is 14.3 Å². The number of alkyl halides is 1. The van der Waals surface area contributed by atoms with Crippen LogP contribution >= 0.6 is 11.6 Å². The SMILES string of the molecule is CCNC(=O)COc1cccc(NC(=O)CCl)c1. The minimum atomic E-state index is -0.294. The summed E-state index contributed by atoms with van der Waals surface area (Å²) >= 11 is 5.38. The number of nitrogens with one attached hydrogen (secondary N) is 2. The van der Waals surface area contributed by atoms with Gasteiger partial charge in [-0.3, -0.25) is 9.59 Å². The number of ether oxygens (including phenoxy) is 1. The molecule has 0 saturated carbocycles. The van der Waals surface area contributed by atoms with E-state index in [1.54, 1.807) is 24.3 Å². The lowest BCUT2D eigenvalue weighted by Crippen LogP contribution is -2.28. The van der Waals surface area contributed by atoms with E-state index in [4.69, 9.17) is 16.3 Å². The van der Waals surface area contributed by atoms with Gasteiger partial charge in [0, 0.05) is 18.3 Å². The monoisotopic (exact) mass is 270 g/mol. The first-order valence-electron chi connectivity index (χ1n) is 5.51. The Hall–Kier alpha value is -1.75. The summed E-state index contributed by atoms with van der Waals surface area (Å²) in [7, 11) is 0. The van der Waals surface area contributed by atoms with E-state index in [1.165, 1.54) is 0 Å². The van der Waals surface area contributed by atoms with Crippen LogP contribution in [0.15, 0.2) is 24.3 Å². The van der Waals surface area contributed by atoms with Crippen LogP contribution in [0.3, 0.4) is 0 Å². The highest BCUT2D eigenvalue weighted by molar-refractivity contribution is 6.29. The van der Waals surface area contributed by atoms with E-state index in [1.807, 2.05) is 6.92 Å². The standard InChI is InChI=1S/C12H15ClN2O3/c1-2-14-12(17)8-18-10-5-3-4-9(6-10)15-11(16)7-13/h3-6H,2,7-8H2,1H3,(H,14,17)(H,15,16). The Balaban J connectivity index is 2.54. The van der Waals surface area contributed by atoms with Gasteiger partial charge in [0.15, 0.2) is 6.61 Å². The fourth-order valence-electron chi connectivity index (χ4n) is 1.26. The molecule has 1 rings (SSSR count). The number of anilines is 1. The average molecular weight is 271 g/mol. The predicted octanol–water partition coefficient (Wildman–Crippen LogP) is 1.38. The van der Waals surface area contributed by atoms with Crippen LogP contribution in [-0.4, -0.2) is 30.8 Å². The highest BCUT2D eigenvalue weighted by Crippen LogP contribution is 2.17. The van der Waals surface area contributed by atoms with E-state index >= 15 is 0 Å². The van der Waals surface area contributed by atoms with Crippen LogP contribution in [-0.2, 0) is 9.59 Å². The second-order valence-electron chi connectivity index (χ2n) is 3.45. The first-order chi connectivity index (χ1) is 8.65. The van der Waals surface area contributed by atoms with Crippen LogP contribution < -0.4 is 15.4 Å². The summed E-state index contributed by atoms with van der Waals surface area (Å²) in [6.45, 7) is 2.34. The Morgan fingerprint density at radius 2 is 2.11 bits per heavy atom. The average Bonchev–Trinajstić information content (AvgIpc) is 2.37. The Kier molecular flexibility index (Phi) is 6.00. The molecule has 0 unspecified atom stereocenters. The lowest BCUT2D eigenvalue weighted by molar-refractivity contribution is -0.123. The van der Waals surface area contributed by atoms with Crippen molar-refractivity contribution in [1.29, 1.82) is 0 Å². The fraction of sp³-hybridized carbons (Fsp3) is 0.333. The molecule has 0 aliphatic carbocycles. The highest BCUT2D eigenvalue weighted by Gasteiger charge is 2.03. The third kappa shape index (κ3) is 5.05. The molecular weight excluding hydrogens is 256 g/mol. The molecule has 0 heterocycles. The maximum atomic E-state index is 11.2. The molecule has 6 heteroatoms. The number of carbonyl (C=O) groups is 2. The van der Waals surface area contributed by atoms with Crippen LogP contribution in [0.4, 0.5) is 5.69 Å². The van der Waals surface area contributed by atoms with E-state index in [0.29, 0.717) is 18.0 Å². The number of amides is 2. The maximum absolute atomic E-state index is 11.2. The number of hydrogen-bond acceptors (Lipinski definition) is 3. The first-order valence-corrected chi connectivity index (χ1v) is 6.04. The number of likely N-dealkylation sites (N-methyl/N-ethyl adjacent to an activating group) is 1. The Morgan fingerprint density at radius 3 is 2.78 bits per heavy atom. The molecule has 0 spiro atoms. The van der Waals surface area contributed by atoms with Gasteiger partial charge in [0.2, 0.25) is 5.91 Å². The van der Waals surface area contributed by atoms with Crippen molar-refractivity contribution in [3.8, 4) is 5.75 Å². The van der Waals surface area contributed by atoms with E-state index in [9.17, 15) is 9.59 Å². The van der Waals surface area contributed by atoms with Crippen LogP contribution in [0, 0.1) is 0 Å². The summed E-state index contributed by atoms with van der Waals surface area (Å²) in [5, 5.41) is 5.21. The van der Waals surface area contributed by atoms with Crippen LogP contribution in [0.5, 0.6) is 5.75 Å². The normalized spacial score (nSPS) is 9.67. The van der Waals surface area contributed by atoms with Crippen molar-refractivity contribution >= 4 is 29.1 Å². The molecule has 0 aromatic heterocycles.